The highest BCUT2D eigenvalue weighted by Gasteiger charge is 2.09. The normalized spacial score (nSPS) is 11.6. The Morgan fingerprint density at radius 2 is 1.82 bits per heavy atom. The van der Waals surface area contributed by atoms with Crippen LogP contribution in [-0.4, -0.2) is 11.6 Å². The Bertz CT molecular complexity index is 859. The summed E-state index contributed by atoms with van der Waals surface area (Å²) in [6.07, 6.45) is 0. The third-order valence-electron chi connectivity index (χ3n) is 3.46. The SMILES string of the molecule is CC(=NNC(=O)c1cccc2ccccc12)c1ccc(C)s1. The van der Waals surface area contributed by atoms with Crippen molar-refractivity contribution in [2.45, 2.75) is 13.8 Å². The van der Waals surface area contributed by atoms with Crippen molar-refractivity contribution in [3.05, 3.63) is 69.9 Å². The summed E-state index contributed by atoms with van der Waals surface area (Å²) in [5, 5.41) is 6.20. The highest BCUT2D eigenvalue weighted by atomic mass is 32.1. The fourth-order valence-electron chi connectivity index (χ4n) is 2.30. The van der Waals surface area contributed by atoms with E-state index >= 15 is 0 Å². The molecule has 0 atom stereocenters. The maximum atomic E-state index is 12.4. The first kappa shape index (κ1) is 14.5. The van der Waals surface area contributed by atoms with Crippen molar-refractivity contribution in [1.29, 1.82) is 0 Å². The fourth-order valence-corrected chi connectivity index (χ4v) is 3.11. The molecule has 0 radical (unpaired) electrons. The third-order valence-corrected chi connectivity index (χ3v) is 4.57. The predicted molar refractivity (Wildman–Crippen MR) is 92.7 cm³/mol. The van der Waals surface area contributed by atoms with Crippen LogP contribution in [0.5, 0.6) is 0 Å². The van der Waals surface area contributed by atoms with Gasteiger partial charge in [0.15, 0.2) is 0 Å². The van der Waals surface area contributed by atoms with Gasteiger partial charge < -0.3 is 0 Å². The fraction of sp³-hybridized carbons (Fsp3) is 0.111. The number of carbonyl (C=O) groups excluding carboxylic acids is 1. The predicted octanol–water partition coefficient (Wildman–Crippen LogP) is 4.36. The molecule has 3 nitrogen and oxygen atoms in total. The van der Waals surface area contributed by atoms with Crippen LogP contribution in [0.15, 0.2) is 59.7 Å². The maximum Gasteiger partial charge on any atom is 0.272 e. The molecule has 0 aliphatic carbocycles. The van der Waals surface area contributed by atoms with Crippen LogP contribution in [0.2, 0.25) is 0 Å². The lowest BCUT2D eigenvalue weighted by Gasteiger charge is -2.05. The highest BCUT2D eigenvalue weighted by molar-refractivity contribution is 7.14. The quantitative estimate of drug-likeness (QED) is 0.567. The van der Waals surface area contributed by atoms with Gasteiger partial charge in [0.25, 0.3) is 5.91 Å². The second-order valence-electron chi connectivity index (χ2n) is 5.08. The summed E-state index contributed by atoms with van der Waals surface area (Å²) in [6, 6.07) is 17.6. The number of hydrogen-bond donors (Lipinski definition) is 1. The van der Waals surface area contributed by atoms with Crippen LogP contribution < -0.4 is 5.43 Å². The van der Waals surface area contributed by atoms with Crippen molar-refractivity contribution in [3.63, 3.8) is 0 Å². The number of hydrazone groups is 1. The Balaban J connectivity index is 1.85. The van der Waals surface area contributed by atoms with Crippen LogP contribution in [0.3, 0.4) is 0 Å². The molecule has 4 heteroatoms. The molecule has 0 saturated heterocycles. The summed E-state index contributed by atoms with van der Waals surface area (Å²) in [4.78, 5) is 14.7. The van der Waals surface area contributed by atoms with Gasteiger partial charge in [-0.2, -0.15) is 5.10 Å². The van der Waals surface area contributed by atoms with Gasteiger partial charge in [0.2, 0.25) is 0 Å². The number of hydrogen-bond acceptors (Lipinski definition) is 3. The molecule has 0 fully saturated rings. The lowest BCUT2D eigenvalue weighted by atomic mass is 10.0. The minimum Gasteiger partial charge on any atom is -0.267 e. The van der Waals surface area contributed by atoms with Crippen LogP contribution in [0, 0.1) is 6.92 Å². The molecule has 1 N–H and O–H groups in total. The Morgan fingerprint density at radius 3 is 2.59 bits per heavy atom. The van der Waals surface area contributed by atoms with E-state index in [0.717, 1.165) is 21.4 Å². The van der Waals surface area contributed by atoms with Gasteiger partial charge in [-0.1, -0.05) is 36.4 Å². The average Bonchev–Trinajstić information content (AvgIpc) is 2.98. The number of rotatable bonds is 3. The van der Waals surface area contributed by atoms with E-state index < -0.39 is 0 Å². The van der Waals surface area contributed by atoms with E-state index in [4.69, 9.17) is 0 Å². The first-order chi connectivity index (χ1) is 10.6. The number of aryl methyl sites for hydroxylation is 1. The minimum atomic E-state index is -0.190. The van der Waals surface area contributed by atoms with E-state index in [1.807, 2.05) is 61.5 Å². The van der Waals surface area contributed by atoms with Gasteiger partial charge in [0.1, 0.15) is 0 Å². The first-order valence-corrected chi connectivity index (χ1v) is 7.86. The van der Waals surface area contributed by atoms with Gasteiger partial charge in [-0.3, -0.25) is 4.79 Å². The average molecular weight is 308 g/mol. The van der Waals surface area contributed by atoms with E-state index in [1.54, 1.807) is 11.3 Å². The van der Waals surface area contributed by atoms with Crippen molar-refractivity contribution in [2.24, 2.45) is 5.10 Å². The largest absolute Gasteiger partial charge is 0.272 e. The molecular weight excluding hydrogens is 292 g/mol. The zero-order valence-corrected chi connectivity index (χ0v) is 13.3. The smallest absolute Gasteiger partial charge is 0.267 e. The molecule has 110 valence electrons. The summed E-state index contributed by atoms with van der Waals surface area (Å²) >= 11 is 1.66. The van der Waals surface area contributed by atoms with Crippen molar-refractivity contribution in [2.75, 3.05) is 0 Å². The molecule has 22 heavy (non-hydrogen) atoms. The Kier molecular flexibility index (Phi) is 4.02. The summed E-state index contributed by atoms with van der Waals surface area (Å²) in [5.41, 5.74) is 4.10. The van der Waals surface area contributed by atoms with Crippen molar-refractivity contribution >= 4 is 33.7 Å². The van der Waals surface area contributed by atoms with E-state index in [0.29, 0.717) is 5.56 Å². The lowest BCUT2D eigenvalue weighted by molar-refractivity contribution is 0.0956. The van der Waals surface area contributed by atoms with Crippen LogP contribution >= 0.6 is 11.3 Å². The van der Waals surface area contributed by atoms with Gasteiger partial charge in [-0.25, -0.2) is 5.43 Å². The standard InChI is InChI=1S/C18H16N2OS/c1-12-10-11-17(22-12)13(2)19-20-18(21)16-9-5-7-14-6-3-4-8-15(14)16/h3-11H,1-2H3,(H,20,21). The molecule has 1 aromatic heterocycles. The summed E-state index contributed by atoms with van der Waals surface area (Å²) < 4.78 is 0. The van der Waals surface area contributed by atoms with Crippen molar-refractivity contribution in [3.8, 4) is 0 Å². The number of nitrogens with zero attached hydrogens (tertiary/aromatic N) is 1. The van der Waals surface area contributed by atoms with Crippen LogP contribution in [0.4, 0.5) is 0 Å². The first-order valence-electron chi connectivity index (χ1n) is 7.04. The summed E-state index contributed by atoms with van der Waals surface area (Å²) in [7, 11) is 0. The second kappa shape index (κ2) is 6.12. The molecule has 0 aliphatic heterocycles. The van der Waals surface area contributed by atoms with Gasteiger partial charge in [0.05, 0.1) is 10.6 Å². The van der Waals surface area contributed by atoms with Crippen molar-refractivity contribution < 1.29 is 4.79 Å². The molecule has 3 rings (SSSR count). The van der Waals surface area contributed by atoms with E-state index in [2.05, 4.69) is 17.5 Å². The molecule has 1 amide bonds. The van der Waals surface area contributed by atoms with Crippen LogP contribution in [0.1, 0.15) is 27.0 Å². The number of carbonyl (C=O) groups is 1. The molecule has 2 aromatic carbocycles. The van der Waals surface area contributed by atoms with Crippen LogP contribution in [0.25, 0.3) is 10.8 Å². The summed E-state index contributed by atoms with van der Waals surface area (Å²) in [6.45, 7) is 3.95. The number of amides is 1. The molecule has 0 bridgehead atoms. The molecule has 0 spiro atoms. The van der Waals surface area contributed by atoms with E-state index in [-0.39, 0.29) is 5.91 Å². The minimum absolute atomic E-state index is 0.190. The molecule has 3 aromatic rings. The van der Waals surface area contributed by atoms with Gasteiger partial charge in [-0.15, -0.1) is 11.3 Å². The Hall–Kier alpha value is -2.46. The molecule has 1 heterocycles. The third kappa shape index (κ3) is 2.92. The van der Waals surface area contributed by atoms with Gasteiger partial charge in [0, 0.05) is 10.4 Å². The second-order valence-corrected chi connectivity index (χ2v) is 6.36. The summed E-state index contributed by atoms with van der Waals surface area (Å²) in [5.74, 6) is -0.190. The topological polar surface area (TPSA) is 41.5 Å². The van der Waals surface area contributed by atoms with Crippen molar-refractivity contribution in [1.82, 2.24) is 5.43 Å². The number of thiophene rings is 1. The zero-order chi connectivity index (χ0) is 15.5. The molecule has 0 unspecified atom stereocenters. The highest BCUT2D eigenvalue weighted by Crippen LogP contribution is 2.19. The maximum absolute atomic E-state index is 12.4. The lowest BCUT2D eigenvalue weighted by Crippen LogP contribution is -2.19. The van der Waals surface area contributed by atoms with Gasteiger partial charge >= 0.3 is 0 Å². The molecule has 0 saturated carbocycles. The van der Waals surface area contributed by atoms with E-state index in [1.165, 1.54) is 4.88 Å². The molecular formula is C18H16N2OS. The number of fused-ring (bicyclic) bond motifs is 1. The number of benzene rings is 2. The molecule has 0 aliphatic rings. The number of nitrogens with one attached hydrogen (secondary N) is 1. The Morgan fingerprint density at radius 1 is 1.05 bits per heavy atom. The van der Waals surface area contributed by atoms with Gasteiger partial charge in [-0.05, 0) is 42.8 Å². The van der Waals surface area contributed by atoms with E-state index in [9.17, 15) is 4.79 Å². The van der Waals surface area contributed by atoms with Crippen LogP contribution in [-0.2, 0) is 0 Å². The Labute approximate surface area is 133 Å². The zero-order valence-electron chi connectivity index (χ0n) is 12.5. The monoisotopic (exact) mass is 308 g/mol.